The second-order valence-electron chi connectivity index (χ2n) is 4.35. The van der Waals surface area contributed by atoms with E-state index in [1.807, 2.05) is 6.07 Å². The van der Waals surface area contributed by atoms with Crippen molar-refractivity contribution >= 4 is 16.8 Å². The standard InChI is InChI=1S/C12H17N3O/c1-4-5-9-11-8(13)6-10(7(2)3)14-12(11)16-15-9/h6-7H,4-5H2,1-3H3,(H2,13,14). The molecule has 2 heterocycles. The number of aromatic nitrogens is 2. The molecule has 0 saturated carbocycles. The maximum Gasteiger partial charge on any atom is 0.260 e. The molecule has 0 amide bonds. The highest BCUT2D eigenvalue weighted by atomic mass is 16.5. The van der Waals surface area contributed by atoms with Crippen molar-refractivity contribution in [3.8, 4) is 0 Å². The zero-order valence-corrected chi connectivity index (χ0v) is 9.95. The molecule has 0 fully saturated rings. The van der Waals surface area contributed by atoms with E-state index in [-0.39, 0.29) is 0 Å². The second-order valence-corrected chi connectivity index (χ2v) is 4.35. The summed E-state index contributed by atoms with van der Waals surface area (Å²) in [6.45, 7) is 6.26. The monoisotopic (exact) mass is 219 g/mol. The molecule has 0 radical (unpaired) electrons. The maximum atomic E-state index is 6.03. The quantitative estimate of drug-likeness (QED) is 0.862. The lowest BCUT2D eigenvalue weighted by atomic mass is 10.1. The van der Waals surface area contributed by atoms with Crippen molar-refractivity contribution in [2.24, 2.45) is 0 Å². The van der Waals surface area contributed by atoms with Crippen molar-refractivity contribution < 1.29 is 4.52 Å². The third kappa shape index (κ3) is 1.75. The Morgan fingerprint density at radius 2 is 2.19 bits per heavy atom. The van der Waals surface area contributed by atoms with E-state index in [1.54, 1.807) is 0 Å². The van der Waals surface area contributed by atoms with Crippen LogP contribution >= 0.6 is 0 Å². The SMILES string of the molecule is CCCc1noc2nc(C(C)C)cc(N)c12. The molecule has 16 heavy (non-hydrogen) atoms. The number of nitrogens with zero attached hydrogens (tertiary/aromatic N) is 2. The smallest absolute Gasteiger partial charge is 0.260 e. The molecule has 0 aromatic carbocycles. The normalized spacial score (nSPS) is 11.5. The summed E-state index contributed by atoms with van der Waals surface area (Å²) in [6, 6.07) is 1.92. The molecule has 2 aromatic heterocycles. The summed E-state index contributed by atoms with van der Waals surface area (Å²) in [5.41, 5.74) is 9.18. The van der Waals surface area contributed by atoms with Gasteiger partial charge in [-0.2, -0.15) is 0 Å². The predicted molar refractivity (Wildman–Crippen MR) is 64.3 cm³/mol. The summed E-state index contributed by atoms with van der Waals surface area (Å²) in [5, 5.41) is 4.91. The van der Waals surface area contributed by atoms with Crippen LogP contribution in [0.3, 0.4) is 0 Å². The molecule has 0 saturated heterocycles. The number of hydrogen-bond acceptors (Lipinski definition) is 4. The van der Waals surface area contributed by atoms with E-state index >= 15 is 0 Å². The Morgan fingerprint density at radius 1 is 1.44 bits per heavy atom. The van der Waals surface area contributed by atoms with Crippen molar-refractivity contribution in [1.29, 1.82) is 0 Å². The molecule has 2 aromatic rings. The Morgan fingerprint density at radius 3 is 2.81 bits per heavy atom. The van der Waals surface area contributed by atoms with Crippen LogP contribution in [-0.4, -0.2) is 10.1 Å². The Bertz CT molecular complexity index is 502. The van der Waals surface area contributed by atoms with E-state index in [0.717, 1.165) is 35.3 Å². The summed E-state index contributed by atoms with van der Waals surface area (Å²) in [5.74, 6) is 0.339. The van der Waals surface area contributed by atoms with Crippen LogP contribution in [0.4, 0.5) is 5.69 Å². The molecule has 4 heteroatoms. The van der Waals surface area contributed by atoms with Crippen molar-refractivity contribution in [2.75, 3.05) is 5.73 Å². The predicted octanol–water partition coefficient (Wildman–Crippen LogP) is 2.88. The van der Waals surface area contributed by atoms with Gasteiger partial charge in [0.05, 0.1) is 11.1 Å². The van der Waals surface area contributed by atoms with Gasteiger partial charge in [0.15, 0.2) is 0 Å². The molecule has 86 valence electrons. The topological polar surface area (TPSA) is 64.9 Å². The number of nitrogen functional groups attached to an aromatic ring is 1. The second kappa shape index (κ2) is 4.12. The summed E-state index contributed by atoms with van der Waals surface area (Å²) in [4.78, 5) is 4.43. The Balaban J connectivity index is 2.59. The molecular formula is C12H17N3O. The Kier molecular flexibility index (Phi) is 2.81. The van der Waals surface area contributed by atoms with Gasteiger partial charge in [0.1, 0.15) is 0 Å². The zero-order valence-electron chi connectivity index (χ0n) is 9.95. The van der Waals surface area contributed by atoms with Crippen LogP contribution < -0.4 is 5.73 Å². The molecule has 0 spiro atoms. The molecule has 2 rings (SSSR count). The number of nitrogens with two attached hydrogens (primary N) is 1. The summed E-state index contributed by atoms with van der Waals surface area (Å²) >= 11 is 0. The molecule has 2 N–H and O–H groups in total. The van der Waals surface area contributed by atoms with Gasteiger partial charge in [-0.15, -0.1) is 0 Å². The third-order valence-electron chi connectivity index (χ3n) is 2.65. The van der Waals surface area contributed by atoms with Crippen molar-refractivity contribution in [3.05, 3.63) is 17.5 Å². The van der Waals surface area contributed by atoms with Crippen LogP contribution in [0.1, 0.15) is 44.5 Å². The number of aryl methyl sites for hydroxylation is 1. The van der Waals surface area contributed by atoms with Crippen LogP contribution in [0.5, 0.6) is 0 Å². The van der Waals surface area contributed by atoms with Gasteiger partial charge >= 0.3 is 0 Å². The van der Waals surface area contributed by atoms with E-state index < -0.39 is 0 Å². The average molecular weight is 219 g/mol. The molecule has 0 aliphatic heterocycles. The summed E-state index contributed by atoms with van der Waals surface area (Å²) in [7, 11) is 0. The largest absolute Gasteiger partial charge is 0.398 e. The van der Waals surface area contributed by atoms with E-state index in [9.17, 15) is 0 Å². The fourth-order valence-electron chi connectivity index (χ4n) is 1.76. The third-order valence-corrected chi connectivity index (χ3v) is 2.65. The van der Waals surface area contributed by atoms with Gasteiger partial charge in [-0.05, 0) is 18.4 Å². The lowest BCUT2D eigenvalue weighted by molar-refractivity contribution is 0.437. The fourth-order valence-corrected chi connectivity index (χ4v) is 1.76. The van der Waals surface area contributed by atoms with Gasteiger partial charge in [0.2, 0.25) is 0 Å². The molecule has 0 aliphatic carbocycles. The minimum atomic E-state index is 0.339. The van der Waals surface area contributed by atoms with Crippen LogP contribution in [0.25, 0.3) is 11.1 Å². The van der Waals surface area contributed by atoms with Gasteiger partial charge < -0.3 is 10.3 Å². The summed E-state index contributed by atoms with van der Waals surface area (Å²) < 4.78 is 5.23. The lowest BCUT2D eigenvalue weighted by Crippen LogP contribution is -1.97. The number of fused-ring (bicyclic) bond motifs is 1. The van der Waals surface area contributed by atoms with Crippen LogP contribution in [0.15, 0.2) is 10.6 Å². The first-order valence-electron chi connectivity index (χ1n) is 5.68. The molecule has 0 atom stereocenters. The first-order chi connectivity index (χ1) is 7.63. The highest BCUT2D eigenvalue weighted by molar-refractivity contribution is 5.89. The van der Waals surface area contributed by atoms with Gasteiger partial charge in [-0.25, -0.2) is 4.98 Å². The van der Waals surface area contributed by atoms with Crippen molar-refractivity contribution in [3.63, 3.8) is 0 Å². The Labute approximate surface area is 94.8 Å². The molecular weight excluding hydrogens is 202 g/mol. The average Bonchev–Trinajstić information content (AvgIpc) is 2.62. The van der Waals surface area contributed by atoms with Crippen LogP contribution in [-0.2, 0) is 6.42 Å². The number of pyridine rings is 1. The van der Waals surface area contributed by atoms with Gasteiger partial charge in [0, 0.05) is 11.4 Å². The first-order valence-corrected chi connectivity index (χ1v) is 5.68. The van der Waals surface area contributed by atoms with E-state index in [0.29, 0.717) is 11.6 Å². The maximum absolute atomic E-state index is 6.03. The minimum Gasteiger partial charge on any atom is -0.398 e. The Hall–Kier alpha value is -1.58. The van der Waals surface area contributed by atoms with Crippen LogP contribution in [0.2, 0.25) is 0 Å². The highest BCUT2D eigenvalue weighted by Crippen LogP contribution is 2.27. The number of hydrogen-bond donors (Lipinski definition) is 1. The van der Waals surface area contributed by atoms with Gasteiger partial charge in [-0.3, -0.25) is 0 Å². The zero-order chi connectivity index (χ0) is 11.7. The van der Waals surface area contributed by atoms with Crippen molar-refractivity contribution in [2.45, 2.75) is 39.5 Å². The van der Waals surface area contributed by atoms with Crippen LogP contribution in [0, 0.1) is 0 Å². The first kappa shape index (κ1) is 10.9. The van der Waals surface area contributed by atoms with Gasteiger partial charge in [-0.1, -0.05) is 32.3 Å². The van der Waals surface area contributed by atoms with E-state index in [1.165, 1.54) is 0 Å². The van der Waals surface area contributed by atoms with Crippen molar-refractivity contribution in [1.82, 2.24) is 10.1 Å². The molecule has 0 unspecified atom stereocenters. The minimum absolute atomic E-state index is 0.339. The fraction of sp³-hybridized carbons (Fsp3) is 0.500. The lowest BCUT2D eigenvalue weighted by Gasteiger charge is -2.05. The molecule has 4 nitrogen and oxygen atoms in total. The molecule has 0 aliphatic rings. The van der Waals surface area contributed by atoms with Gasteiger partial charge in [0.25, 0.3) is 5.71 Å². The van der Waals surface area contributed by atoms with E-state index in [2.05, 4.69) is 30.9 Å². The highest BCUT2D eigenvalue weighted by Gasteiger charge is 2.14. The number of rotatable bonds is 3. The molecule has 0 bridgehead atoms. The summed E-state index contributed by atoms with van der Waals surface area (Å²) in [6.07, 6.45) is 1.90. The number of anilines is 1. The van der Waals surface area contributed by atoms with E-state index in [4.69, 9.17) is 10.3 Å².